The van der Waals surface area contributed by atoms with E-state index in [0.29, 0.717) is 5.92 Å². The molecule has 0 aliphatic heterocycles. The minimum atomic E-state index is 0.653. The van der Waals surface area contributed by atoms with Gasteiger partial charge in [-0.3, -0.25) is 0 Å². The van der Waals surface area contributed by atoms with Crippen molar-refractivity contribution in [3.63, 3.8) is 0 Å². The van der Waals surface area contributed by atoms with Crippen LogP contribution in [-0.4, -0.2) is 14.7 Å². The normalized spacial score (nSPS) is 15.0. The monoisotopic (exact) mass is 393 g/mol. The summed E-state index contributed by atoms with van der Waals surface area (Å²) in [6.07, 6.45) is 2.54. The van der Waals surface area contributed by atoms with Gasteiger partial charge in [0.15, 0.2) is 0 Å². The molecular weight excluding hydrogens is 377 g/mol. The summed E-state index contributed by atoms with van der Waals surface area (Å²) in [7, 11) is 2.13. The Kier molecular flexibility index (Phi) is 2.89. The number of hydrogen-bond acceptors (Lipinski definition) is 3. The Bertz CT molecular complexity index is 839. The molecule has 4 rings (SSSR count). The van der Waals surface area contributed by atoms with Crippen molar-refractivity contribution < 1.29 is 4.52 Å². The first-order chi connectivity index (χ1) is 10.1. The summed E-state index contributed by atoms with van der Waals surface area (Å²) in [6.45, 7) is 3.94. The van der Waals surface area contributed by atoms with Crippen molar-refractivity contribution in [2.24, 2.45) is 7.05 Å². The quantitative estimate of drug-likeness (QED) is 0.609. The minimum absolute atomic E-state index is 0.653. The van der Waals surface area contributed by atoms with Gasteiger partial charge < -0.3 is 9.09 Å². The van der Waals surface area contributed by atoms with E-state index in [1.807, 2.05) is 13.8 Å². The summed E-state index contributed by atoms with van der Waals surface area (Å²) < 4.78 is 8.78. The Morgan fingerprint density at radius 2 is 2.05 bits per heavy atom. The summed E-state index contributed by atoms with van der Waals surface area (Å²) in [4.78, 5) is 4.87. The topological polar surface area (TPSA) is 43.9 Å². The number of aryl methyl sites for hydroxylation is 3. The van der Waals surface area contributed by atoms with E-state index in [-0.39, 0.29) is 0 Å². The zero-order valence-corrected chi connectivity index (χ0v) is 14.4. The number of imidazole rings is 1. The lowest BCUT2D eigenvalue weighted by Gasteiger charge is -2.05. The Morgan fingerprint density at radius 1 is 1.29 bits per heavy atom. The third-order valence-electron chi connectivity index (χ3n) is 4.22. The van der Waals surface area contributed by atoms with Crippen LogP contribution in [0.2, 0.25) is 0 Å². The molecule has 0 N–H and O–H groups in total. The minimum Gasteiger partial charge on any atom is -0.361 e. The molecule has 3 aromatic rings. The molecule has 0 amide bonds. The Morgan fingerprint density at radius 3 is 2.67 bits per heavy atom. The van der Waals surface area contributed by atoms with Crippen molar-refractivity contribution in [3.8, 4) is 11.1 Å². The fraction of sp³-hybridized carbons (Fsp3) is 0.375. The second-order valence-corrected chi connectivity index (χ2v) is 6.99. The van der Waals surface area contributed by atoms with Crippen molar-refractivity contribution >= 4 is 33.6 Å². The van der Waals surface area contributed by atoms with E-state index in [9.17, 15) is 0 Å². The van der Waals surface area contributed by atoms with E-state index in [4.69, 9.17) is 9.51 Å². The summed E-state index contributed by atoms with van der Waals surface area (Å²) in [5.41, 5.74) is 5.47. The smallest absolute Gasteiger partial charge is 0.141 e. The third kappa shape index (κ3) is 2.01. The molecule has 1 aliphatic rings. The molecule has 2 aromatic heterocycles. The first-order valence-electron chi connectivity index (χ1n) is 7.15. The van der Waals surface area contributed by atoms with E-state index in [1.165, 1.54) is 27.8 Å². The molecule has 1 aromatic carbocycles. The van der Waals surface area contributed by atoms with Gasteiger partial charge in [-0.1, -0.05) is 5.16 Å². The zero-order chi connectivity index (χ0) is 14.7. The summed E-state index contributed by atoms with van der Waals surface area (Å²) >= 11 is 2.40. The van der Waals surface area contributed by atoms with Crippen molar-refractivity contribution in [1.29, 1.82) is 0 Å². The number of aromatic nitrogens is 3. The molecule has 0 saturated heterocycles. The molecular formula is C16H16IN3O. The van der Waals surface area contributed by atoms with Crippen LogP contribution in [0.25, 0.3) is 22.2 Å². The summed E-state index contributed by atoms with van der Waals surface area (Å²) in [5.74, 6) is 2.74. The second kappa shape index (κ2) is 4.56. The molecule has 0 radical (unpaired) electrons. The Balaban J connectivity index is 1.97. The molecule has 0 spiro atoms. The molecule has 0 atom stereocenters. The van der Waals surface area contributed by atoms with Crippen LogP contribution in [-0.2, 0) is 7.05 Å². The predicted octanol–water partition coefficient (Wildman–Crippen LogP) is 4.33. The van der Waals surface area contributed by atoms with Gasteiger partial charge in [-0.05, 0) is 67.0 Å². The average Bonchev–Trinajstić information content (AvgIpc) is 3.14. The lowest BCUT2D eigenvalue weighted by Crippen LogP contribution is -1.96. The van der Waals surface area contributed by atoms with Gasteiger partial charge in [0.25, 0.3) is 0 Å². The average molecular weight is 393 g/mol. The van der Waals surface area contributed by atoms with E-state index >= 15 is 0 Å². The van der Waals surface area contributed by atoms with Gasteiger partial charge in [0.1, 0.15) is 11.6 Å². The van der Waals surface area contributed by atoms with Crippen molar-refractivity contribution in [1.82, 2.24) is 14.7 Å². The highest BCUT2D eigenvalue weighted by Crippen LogP contribution is 2.41. The molecule has 1 saturated carbocycles. The Hall–Kier alpha value is -1.37. The maximum Gasteiger partial charge on any atom is 0.141 e. The zero-order valence-electron chi connectivity index (χ0n) is 12.3. The first-order valence-corrected chi connectivity index (χ1v) is 8.23. The van der Waals surface area contributed by atoms with E-state index < -0.39 is 0 Å². The second-order valence-electron chi connectivity index (χ2n) is 5.83. The van der Waals surface area contributed by atoms with Crippen LogP contribution in [0.3, 0.4) is 0 Å². The maximum absolute atomic E-state index is 5.30. The van der Waals surface area contributed by atoms with Gasteiger partial charge in [0.05, 0.1) is 16.7 Å². The molecule has 1 fully saturated rings. The summed E-state index contributed by atoms with van der Waals surface area (Å²) in [6, 6.07) is 4.36. The lowest BCUT2D eigenvalue weighted by atomic mass is 10.0. The number of halogens is 1. The van der Waals surface area contributed by atoms with Crippen molar-refractivity contribution in [2.45, 2.75) is 32.6 Å². The SMILES string of the molecule is Cc1noc(C)c1-c1cc(I)c2c(c1)nc(C1CC1)n2C. The predicted molar refractivity (Wildman–Crippen MR) is 90.4 cm³/mol. The Labute approximate surface area is 136 Å². The largest absolute Gasteiger partial charge is 0.361 e. The maximum atomic E-state index is 5.30. The van der Waals surface area contributed by atoms with Gasteiger partial charge in [-0.2, -0.15) is 0 Å². The number of nitrogens with zero attached hydrogens (tertiary/aromatic N) is 3. The fourth-order valence-corrected chi connectivity index (χ4v) is 4.03. The molecule has 21 heavy (non-hydrogen) atoms. The highest BCUT2D eigenvalue weighted by atomic mass is 127. The van der Waals surface area contributed by atoms with Gasteiger partial charge in [-0.25, -0.2) is 4.98 Å². The highest BCUT2D eigenvalue weighted by Gasteiger charge is 2.29. The van der Waals surface area contributed by atoms with Crippen LogP contribution in [0.5, 0.6) is 0 Å². The third-order valence-corrected chi connectivity index (χ3v) is 5.04. The molecule has 0 bridgehead atoms. The van der Waals surface area contributed by atoms with Gasteiger partial charge in [-0.15, -0.1) is 0 Å². The van der Waals surface area contributed by atoms with Crippen LogP contribution in [0.4, 0.5) is 0 Å². The fourth-order valence-electron chi connectivity index (χ4n) is 3.06. The van der Waals surface area contributed by atoms with Crippen LogP contribution in [0.15, 0.2) is 16.7 Å². The number of fused-ring (bicyclic) bond motifs is 1. The molecule has 5 heteroatoms. The molecule has 1 aliphatic carbocycles. The lowest BCUT2D eigenvalue weighted by molar-refractivity contribution is 0.393. The standard InChI is InChI=1S/C16H16IN3O/c1-8-14(9(2)21-19-8)11-6-12(17)15-13(7-11)18-16(20(15)3)10-4-5-10/h6-7,10H,4-5H2,1-3H3. The molecule has 4 nitrogen and oxygen atoms in total. The van der Waals surface area contributed by atoms with Crippen molar-refractivity contribution in [2.75, 3.05) is 0 Å². The van der Waals surface area contributed by atoms with E-state index in [0.717, 1.165) is 28.1 Å². The summed E-state index contributed by atoms with van der Waals surface area (Å²) in [5, 5.41) is 4.06. The van der Waals surface area contributed by atoms with Crippen LogP contribution < -0.4 is 0 Å². The number of hydrogen-bond donors (Lipinski definition) is 0. The number of benzene rings is 1. The van der Waals surface area contributed by atoms with Gasteiger partial charge in [0.2, 0.25) is 0 Å². The van der Waals surface area contributed by atoms with Gasteiger partial charge >= 0.3 is 0 Å². The van der Waals surface area contributed by atoms with Crippen LogP contribution in [0.1, 0.15) is 36.0 Å². The molecule has 2 heterocycles. The number of rotatable bonds is 2. The van der Waals surface area contributed by atoms with Crippen molar-refractivity contribution in [3.05, 3.63) is 33.0 Å². The highest BCUT2D eigenvalue weighted by molar-refractivity contribution is 14.1. The van der Waals surface area contributed by atoms with Crippen LogP contribution in [0, 0.1) is 17.4 Å². The van der Waals surface area contributed by atoms with Crippen LogP contribution >= 0.6 is 22.6 Å². The molecule has 0 unspecified atom stereocenters. The molecule has 108 valence electrons. The first kappa shape index (κ1) is 13.3. The van der Waals surface area contributed by atoms with E-state index in [1.54, 1.807) is 0 Å². The van der Waals surface area contributed by atoms with Gasteiger partial charge in [0, 0.05) is 22.1 Å². The van der Waals surface area contributed by atoms with E-state index in [2.05, 4.69) is 51.5 Å².